The molecule has 2 unspecified atom stereocenters. The number of hydrogen-bond acceptors (Lipinski definition) is 7. The van der Waals surface area contributed by atoms with Gasteiger partial charge in [-0.25, -0.2) is 14.4 Å². The van der Waals surface area contributed by atoms with Gasteiger partial charge in [0.2, 0.25) is 0 Å². The highest BCUT2D eigenvalue weighted by Gasteiger charge is 2.49. The van der Waals surface area contributed by atoms with Crippen LogP contribution < -0.4 is 5.73 Å². The molecule has 0 bridgehead atoms. The van der Waals surface area contributed by atoms with Crippen LogP contribution in [-0.2, 0) is 4.74 Å². The Morgan fingerprint density at radius 3 is 3.00 bits per heavy atom. The Balaban J connectivity index is 1.80. The van der Waals surface area contributed by atoms with E-state index in [9.17, 15) is 9.50 Å². The lowest BCUT2D eigenvalue weighted by molar-refractivity contribution is -0.0656. The summed E-state index contributed by atoms with van der Waals surface area (Å²) in [5.41, 5.74) is 5.74. The molecule has 8 heteroatoms. The number of fused-ring (bicyclic) bond motifs is 1. The molecule has 1 saturated heterocycles. The topological polar surface area (TPSA) is 95.8 Å². The van der Waals surface area contributed by atoms with Gasteiger partial charge in [-0.15, -0.1) is 0 Å². The zero-order valence-electron chi connectivity index (χ0n) is 10.4. The lowest BCUT2D eigenvalue weighted by Crippen LogP contribution is -2.50. The molecule has 0 aromatic rings. The van der Waals surface area contributed by atoms with E-state index in [-0.39, 0.29) is 18.6 Å². The van der Waals surface area contributed by atoms with E-state index in [4.69, 9.17) is 10.5 Å². The molecule has 3 heterocycles. The van der Waals surface area contributed by atoms with Crippen LogP contribution in [0.25, 0.3) is 0 Å². The van der Waals surface area contributed by atoms with Gasteiger partial charge in [0.1, 0.15) is 24.4 Å². The van der Waals surface area contributed by atoms with Crippen LogP contribution in [0, 0.1) is 5.92 Å². The second-order valence-corrected chi connectivity index (χ2v) is 4.94. The second kappa shape index (κ2) is 4.53. The van der Waals surface area contributed by atoms with E-state index >= 15 is 0 Å². The molecular weight excluding hydrogens is 253 g/mol. The van der Waals surface area contributed by atoms with E-state index in [0.29, 0.717) is 5.84 Å². The first-order valence-electron chi connectivity index (χ1n) is 6.19. The van der Waals surface area contributed by atoms with Gasteiger partial charge >= 0.3 is 0 Å². The number of aliphatic hydroxyl groups excluding tert-OH is 1. The second-order valence-electron chi connectivity index (χ2n) is 4.94. The molecular formula is C11H16FN5O2. The average molecular weight is 269 g/mol. The number of aliphatic imine (C=N–C) groups is 3. The molecule has 104 valence electrons. The average Bonchev–Trinajstić information content (AvgIpc) is 2.94. The fourth-order valence-corrected chi connectivity index (χ4v) is 2.59. The van der Waals surface area contributed by atoms with E-state index in [1.807, 2.05) is 0 Å². The van der Waals surface area contributed by atoms with Gasteiger partial charge in [0.15, 0.2) is 12.4 Å². The smallest absolute Gasteiger partial charge is 0.164 e. The molecule has 19 heavy (non-hydrogen) atoms. The lowest BCUT2D eigenvalue weighted by atomic mass is 10.0. The van der Waals surface area contributed by atoms with Gasteiger partial charge in [-0.2, -0.15) is 0 Å². The first-order valence-corrected chi connectivity index (χ1v) is 6.19. The first-order chi connectivity index (χ1) is 9.13. The fourth-order valence-electron chi connectivity index (χ4n) is 2.59. The molecule has 3 N–H and O–H groups in total. The molecule has 0 saturated carbocycles. The number of amidine groups is 1. The number of ether oxygens (including phenoxy) is 1. The number of alkyl halides is 1. The van der Waals surface area contributed by atoms with Gasteiger partial charge in [-0.3, -0.25) is 4.99 Å². The van der Waals surface area contributed by atoms with Crippen LogP contribution in [0.4, 0.5) is 4.39 Å². The highest BCUT2D eigenvalue weighted by molar-refractivity contribution is 5.96. The molecule has 3 rings (SSSR count). The van der Waals surface area contributed by atoms with Crippen LogP contribution in [0.1, 0.15) is 6.92 Å². The third-order valence-electron chi connectivity index (χ3n) is 3.83. The molecule has 1 fully saturated rings. The summed E-state index contributed by atoms with van der Waals surface area (Å²) in [5.74, 6) is -0.0139. The molecule has 0 spiro atoms. The van der Waals surface area contributed by atoms with Crippen molar-refractivity contribution in [1.82, 2.24) is 4.90 Å². The van der Waals surface area contributed by atoms with Crippen molar-refractivity contribution in [3.8, 4) is 0 Å². The molecule has 0 aromatic carbocycles. The maximum absolute atomic E-state index is 14.3. The number of nitrogens with two attached hydrogens (primary N) is 1. The van der Waals surface area contributed by atoms with Gasteiger partial charge in [0, 0.05) is 5.92 Å². The van der Waals surface area contributed by atoms with Crippen molar-refractivity contribution in [2.45, 2.75) is 37.6 Å². The fraction of sp³-hybridized carbons (Fsp3) is 0.727. The summed E-state index contributed by atoms with van der Waals surface area (Å²) in [5, 5.41) is 9.18. The van der Waals surface area contributed by atoms with Gasteiger partial charge in [-0.05, 0) is 0 Å². The zero-order chi connectivity index (χ0) is 13.6. The molecule has 0 aliphatic carbocycles. The molecule has 7 nitrogen and oxygen atoms in total. The number of rotatable bonds is 2. The van der Waals surface area contributed by atoms with Crippen molar-refractivity contribution in [1.29, 1.82) is 0 Å². The monoisotopic (exact) mass is 269 g/mol. The first kappa shape index (κ1) is 12.5. The number of aliphatic hydroxyl groups is 1. The van der Waals surface area contributed by atoms with Gasteiger partial charge < -0.3 is 20.5 Å². The summed E-state index contributed by atoms with van der Waals surface area (Å²) >= 11 is 0. The molecule has 6 atom stereocenters. The largest absolute Gasteiger partial charge is 0.394 e. The summed E-state index contributed by atoms with van der Waals surface area (Å²) in [4.78, 5) is 13.9. The number of hydrogen-bond donors (Lipinski definition) is 2. The van der Waals surface area contributed by atoms with E-state index in [1.165, 1.54) is 12.7 Å². The normalized spacial score (nSPS) is 44.6. The Morgan fingerprint density at radius 2 is 2.32 bits per heavy atom. The third kappa shape index (κ3) is 1.82. The SMILES string of the molecule is C[C@H]1[C@@H](F)[C@H](N2C=NC3C(N)=NC=NC32)O[C@@H]1CO. The Morgan fingerprint density at radius 1 is 1.53 bits per heavy atom. The van der Waals surface area contributed by atoms with Crippen molar-refractivity contribution in [2.75, 3.05) is 6.61 Å². The third-order valence-corrected chi connectivity index (χ3v) is 3.83. The summed E-state index contributed by atoms with van der Waals surface area (Å²) in [6.45, 7) is 1.51. The molecule has 3 aliphatic rings. The molecule has 0 radical (unpaired) electrons. The Hall–Kier alpha value is -1.54. The quantitative estimate of drug-likeness (QED) is 0.680. The molecule has 0 aromatic heterocycles. The van der Waals surface area contributed by atoms with Crippen molar-refractivity contribution < 1.29 is 14.2 Å². The molecule has 3 aliphatic heterocycles. The summed E-state index contributed by atoms with van der Waals surface area (Å²) in [6, 6.07) is -0.385. The minimum Gasteiger partial charge on any atom is -0.394 e. The van der Waals surface area contributed by atoms with Crippen LogP contribution in [-0.4, -0.2) is 65.8 Å². The summed E-state index contributed by atoms with van der Waals surface area (Å²) in [6.07, 6.45) is -0.0692. The maximum Gasteiger partial charge on any atom is 0.164 e. The Kier molecular flexibility index (Phi) is 2.98. The van der Waals surface area contributed by atoms with E-state index in [2.05, 4.69) is 15.0 Å². The van der Waals surface area contributed by atoms with Crippen molar-refractivity contribution >= 4 is 18.5 Å². The zero-order valence-corrected chi connectivity index (χ0v) is 10.4. The van der Waals surface area contributed by atoms with E-state index < -0.39 is 24.7 Å². The van der Waals surface area contributed by atoms with Gasteiger partial charge in [0.05, 0.1) is 19.0 Å². The minimum atomic E-state index is -1.21. The van der Waals surface area contributed by atoms with E-state index in [0.717, 1.165) is 0 Å². The number of halogens is 1. The van der Waals surface area contributed by atoms with Crippen LogP contribution >= 0.6 is 0 Å². The highest BCUT2D eigenvalue weighted by atomic mass is 19.1. The van der Waals surface area contributed by atoms with Crippen LogP contribution in [0.5, 0.6) is 0 Å². The molecule has 0 amide bonds. The summed E-state index contributed by atoms with van der Waals surface area (Å²) < 4.78 is 19.8. The number of nitrogens with zero attached hydrogens (tertiary/aromatic N) is 4. The maximum atomic E-state index is 14.3. The predicted molar refractivity (Wildman–Crippen MR) is 67.8 cm³/mol. The van der Waals surface area contributed by atoms with Crippen molar-refractivity contribution in [3.05, 3.63) is 0 Å². The van der Waals surface area contributed by atoms with Gasteiger partial charge in [-0.1, -0.05) is 6.92 Å². The van der Waals surface area contributed by atoms with E-state index in [1.54, 1.807) is 11.8 Å². The standard InChI is InChI=1S/C11H16FN5O2/c1-5-6(2-18)19-11(7(5)12)17-4-16-8-9(13)14-3-15-10(8)17/h3-8,10-11,18H,2H2,1H3,(H2,13,14,15)/t5-,6-,7-,8?,10?,11-/m1/s1. The highest BCUT2D eigenvalue weighted by Crippen LogP contribution is 2.34. The Bertz CT molecular complexity index is 454. The lowest BCUT2D eigenvalue weighted by Gasteiger charge is -2.31. The predicted octanol–water partition coefficient (Wildman–Crippen LogP) is -0.884. The summed E-state index contributed by atoms with van der Waals surface area (Å²) in [7, 11) is 0. The van der Waals surface area contributed by atoms with Crippen molar-refractivity contribution in [2.24, 2.45) is 26.6 Å². The Labute approximate surface area is 109 Å². The van der Waals surface area contributed by atoms with Gasteiger partial charge in [0.25, 0.3) is 0 Å². The van der Waals surface area contributed by atoms with Crippen LogP contribution in [0.3, 0.4) is 0 Å². The van der Waals surface area contributed by atoms with Crippen LogP contribution in [0.2, 0.25) is 0 Å². The van der Waals surface area contributed by atoms with Crippen LogP contribution in [0.15, 0.2) is 15.0 Å². The minimum absolute atomic E-state index is 0.204. The van der Waals surface area contributed by atoms with Crippen molar-refractivity contribution in [3.63, 3.8) is 0 Å².